The molecule has 1 N–H and O–H groups in total. The van der Waals surface area contributed by atoms with Gasteiger partial charge in [-0.2, -0.15) is 0 Å². The fraction of sp³-hybridized carbons (Fsp3) is 0.750. The van der Waals surface area contributed by atoms with Crippen molar-refractivity contribution in [2.45, 2.75) is 20.3 Å². The zero-order valence-corrected chi connectivity index (χ0v) is 9.51. The van der Waals surface area contributed by atoms with Crippen LogP contribution in [0.2, 0.25) is 0 Å². The molecule has 0 saturated carbocycles. The normalized spacial score (nSPS) is 12.5. The van der Waals surface area contributed by atoms with Gasteiger partial charge in [-0.3, -0.25) is 0 Å². The van der Waals surface area contributed by atoms with Crippen molar-refractivity contribution < 1.29 is 0 Å². The van der Waals surface area contributed by atoms with Gasteiger partial charge in [-0.25, -0.2) is 4.68 Å². The van der Waals surface area contributed by atoms with Crippen LogP contribution in [0.1, 0.15) is 19.7 Å². The van der Waals surface area contributed by atoms with Crippen molar-refractivity contribution in [3.8, 4) is 0 Å². The predicted octanol–water partition coefficient (Wildman–Crippen LogP) is 0.326. The molecule has 6 heteroatoms. The van der Waals surface area contributed by atoms with Gasteiger partial charge in [0, 0.05) is 25.9 Å². The van der Waals surface area contributed by atoms with Crippen molar-refractivity contribution in [2.75, 3.05) is 6.54 Å². The third kappa shape index (κ3) is 2.73. The highest BCUT2D eigenvalue weighted by atomic mass is 32.1. The maximum atomic E-state index is 5.20. The maximum Gasteiger partial charge on any atom is 0.151 e. The molecule has 0 aliphatic rings. The second-order valence-corrected chi connectivity index (χ2v) is 3.66. The van der Waals surface area contributed by atoms with Crippen LogP contribution in [0.4, 0.5) is 0 Å². The van der Waals surface area contributed by atoms with Gasteiger partial charge in [-0.05, 0) is 17.4 Å². The van der Waals surface area contributed by atoms with E-state index in [4.69, 9.17) is 12.2 Å². The zero-order valence-electron chi connectivity index (χ0n) is 8.69. The van der Waals surface area contributed by atoms with Crippen molar-refractivity contribution >= 4 is 17.2 Å². The van der Waals surface area contributed by atoms with Crippen LogP contribution in [0.25, 0.3) is 0 Å². The molecule has 0 spiro atoms. The van der Waals surface area contributed by atoms with Crippen LogP contribution in [0.5, 0.6) is 0 Å². The summed E-state index contributed by atoms with van der Waals surface area (Å²) in [5, 5.41) is 14.4. The molecule has 0 bridgehead atoms. The number of thiocarbonyl (C=S) groups is 1. The second kappa shape index (κ2) is 4.99. The van der Waals surface area contributed by atoms with Gasteiger partial charge in [0.2, 0.25) is 0 Å². The van der Waals surface area contributed by atoms with E-state index >= 15 is 0 Å². The molecule has 5 nitrogen and oxygen atoms in total. The molecule has 0 saturated heterocycles. The summed E-state index contributed by atoms with van der Waals surface area (Å²) in [6.07, 6.45) is 0.773. The molecule has 0 amide bonds. The molecule has 0 radical (unpaired) electrons. The lowest BCUT2D eigenvalue weighted by Crippen LogP contribution is -2.28. The molecular weight excluding hydrogens is 198 g/mol. The Morgan fingerprint density at radius 1 is 1.64 bits per heavy atom. The lowest BCUT2D eigenvalue weighted by atomic mass is 10.1. The molecule has 14 heavy (non-hydrogen) atoms. The third-order valence-corrected chi connectivity index (χ3v) is 2.54. The minimum absolute atomic E-state index is 0.273. The van der Waals surface area contributed by atoms with E-state index < -0.39 is 0 Å². The first-order valence-corrected chi connectivity index (χ1v) is 5.05. The third-order valence-electron chi connectivity index (χ3n) is 2.00. The molecule has 1 rings (SSSR count). The molecule has 1 heterocycles. The van der Waals surface area contributed by atoms with E-state index in [2.05, 4.69) is 27.8 Å². The van der Waals surface area contributed by atoms with Gasteiger partial charge in [0.05, 0.1) is 4.99 Å². The number of aryl methyl sites for hydroxylation is 1. The summed E-state index contributed by atoms with van der Waals surface area (Å²) in [7, 11) is 1.83. The number of rotatable bonds is 4. The van der Waals surface area contributed by atoms with Crippen molar-refractivity contribution in [1.82, 2.24) is 25.5 Å². The van der Waals surface area contributed by atoms with Crippen LogP contribution in [0.15, 0.2) is 0 Å². The van der Waals surface area contributed by atoms with Crippen molar-refractivity contribution in [1.29, 1.82) is 0 Å². The molecule has 0 fully saturated rings. The Kier molecular flexibility index (Phi) is 3.94. The van der Waals surface area contributed by atoms with E-state index in [-0.39, 0.29) is 5.92 Å². The molecule has 0 aromatic carbocycles. The van der Waals surface area contributed by atoms with Crippen LogP contribution >= 0.6 is 12.2 Å². The maximum absolute atomic E-state index is 5.20. The molecule has 1 unspecified atom stereocenters. The van der Waals surface area contributed by atoms with Crippen LogP contribution in [-0.2, 0) is 13.5 Å². The Morgan fingerprint density at radius 2 is 2.36 bits per heavy atom. The van der Waals surface area contributed by atoms with Crippen LogP contribution < -0.4 is 5.32 Å². The highest BCUT2D eigenvalue weighted by Gasteiger charge is 2.12. The summed E-state index contributed by atoms with van der Waals surface area (Å²) in [5.41, 5.74) is 0. The standard InChI is InChI=1S/C8H15N5S/c1-4-9-8(14)6(2)5-7-10-11-12-13(7)3/h6H,4-5H2,1-3H3,(H,9,14). The Morgan fingerprint density at radius 3 is 2.86 bits per heavy atom. The SMILES string of the molecule is CCNC(=S)C(C)Cc1nnnn1C. The number of tetrazole rings is 1. The predicted molar refractivity (Wildman–Crippen MR) is 57.9 cm³/mol. The summed E-state index contributed by atoms with van der Waals surface area (Å²) in [6.45, 7) is 4.96. The topological polar surface area (TPSA) is 55.6 Å². The highest BCUT2D eigenvalue weighted by molar-refractivity contribution is 7.80. The van der Waals surface area contributed by atoms with Crippen LogP contribution in [0.3, 0.4) is 0 Å². The Balaban J connectivity index is 2.52. The van der Waals surface area contributed by atoms with E-state index in [1.807, 2.05) is 14.0 Å². The molecule has 1 aromatic rings. The summed E-state index contributed by atoms with van der Waals surface area (Å²) < 4.78 is 1.67. The first kappa shape index (κ1) is 11.0. The van der Waals surface area contributed by atoms with Crippen molar-refractivity contribution in [3.63, 3.8) is 0 Å². The van der Waals surface area contributed by atoms with Gasteiger partial charge in [0.1, 0.15) is 0 Å². The van der Waals surface area contributed by atoms with Crippen molar-refractivity contribution in [2.24, 2.45) is 13.0 Å². The summed E-state index contributed by atoms with van der Waals surface area (Å²) in [4.78, 5) is 0.871. The van der Waals surface area contributed by atoms with E-state index in [1.165, 1.54) is 0 Å². The first-order valence-electron chi connectivity index (χ1n) is 4.64. The van der Waals surface area contributed by atoms with Gasteiger partial charge in [0.25, 0.3) is 0 Å². The summed E-state index contributed by atoms with van der Waals surface area (Å²) in [5.74, 6) is 1.13. The molecule has 0 aliphatic heterocycles. The monoisotopic (exact) mass is 213 g/mol. The molecular formula is C8H15N5S. The number of nitrogens with zero attached hydrogens (tertiary/aromatic N) is 4. The highest BCUT2D eigenvalue weighted by Crippen LogP contribution is 2.05. The van der Waals surface area contributed by atoms with E-state index in [1.54, 1.807) is 4.68 Å². The lowest BCUT2D eigenvalue weighted by molar-refractivity contribution is 0.633. The van der Waals surface area contributed by atoms with E-state index in [0.29, 0.717) is 0 Å². The fourth-order valence-corrected chi connectivity index (χ4v) is 1.36. The van der Waals surface area contributed by atoms with E-state index in [9.17, 15) is 0 Å². The molecule has 78 valence electrons. The average Bonchev–Trinajstić information content (AvgIpc) is 2.52. The average molecular weight is 213 g/mol. The fourth-order valence-electron chi connectivity index (χ4n) is 1.14. The van der Waals surface area contributed by atoms with Gasteiger partial charge in [0.15, 0.2) is 5.82 Å². The van der Waals surface area contributed by atoms with Crippen LogP contribution in [0, 0.1) is 5.92 Å². The number of hydrogen-bond acceptors (Lipinski definition) is 4. The quantitative estimate of drug-likeness (QED) is 0.730. The molecule has 1 aromatic heterocycles. The van der Waals surface area contributed by atoms with E-state index in [0.717, 1.165) is 23.8 Å². The first-order chi connectivity index (χ1) is 6.65. The Bertz CT molecular complexity index is 308. The van der Waals surface area contributed by atoms with Crippen molar-refractivity contribution in [3.05, 3.63) is 5.82 Å². The Hall–Kier alpha value is -1.04. The zero-order chi connectivity index (χ0) is 10.6. The number of nitrogens with one attached hydrogen (secondary N) is 1. The number of aromatic nitrogens is 4. The van der Waals surface area contributed by atoms with Crippen LogP contribution in [-0.4, -0.2) is 31.7 Å². The Labute approximate surface area is 88.9 Å². The van der Waals surface area contributed by atoms with Gasteiger partial charge >= 0.3 is 0 Å². The second-order valence-electron chi connectivity index (χ2n) is 3.22. The minimum Gasteiger partial charge on any atom is -0.380 e. The summed E-state index contributed by atoms with van der Waals surface area (Å²) >= 11 is 5.20. The minimum atomic E-state index is 0.273. The van der Waals surface area contributed by atoms with Gasteiger partial charge in [-0.1, -0.05) is 19.1 Å². The lowest BCUT2D eigenvalue weighted by Gasteiger charge is -2.12. The number of hydrogen-bond donors (Lipinski definition) is 1. The van der Waals surface area contributed by atoms with Gasteiger partial charge in [-0.15, -0.1) is 5.10 Å². The van der Waals surface area contributed by atoms with Gasteiger partial charge < -0.3 is 5.32 Å². The smallest absolute Gasteiger partial charge is 0.151 e. The molecule has 1 atom stereocenters. The largest absolute Gasteiger partial charge is 0.380 e. The summed E-state index contributed by atoms with van der Waals surface area (Å²) in [6, 6.07) is 0. The molecule has 0 aliphatic carbocycles.